The predicted molar refractivity (Wildman–Crippen MR) is 210 cm³/mol. The summed E-state index contributed by atoms with van der Waals surface area (Å²) >= 11 is 0. The average molecular weight is 749 g/mol. The van der Waals surface area contributed by atoms with Gasteiger partial charge in [-0.3, -0.25) is 9.59 Å². The lowest BCUT2D eigenvalue weighted by Crippen LogP contribution is -2.59. The fourth-order valence-electron chi connectivity index (χ4n) is 5.81. The number of rotatable bonds is 32. The van der Waals surface area contributed by atoms with E-state index in [0.717, 1.165) is 25.7 Å². The summed E-state index contributed by atoms with van der Waals surface area (Å²) in [6.07, 6.45) is 32.4. The maximum Gasteiger partial charge on any atom is 0.306 e. The number of carbonyl (C=O) groups excluding carboxylic acids is 2. The van der Waals surface area contributed by atoms with E-state index in [4.69, 9.17) is 18.9 Å². The van der Waals surface area contributed by atoms with Gasteiger partial charge in [-0.05, 0) is 25.7 Å². The van der Waals surface area contributed by atoms with Gasteiger partial charge < -0.3 is 39.4 Å². The van der Waals surface area contributed by atoms with Gasteiger partial charge in [-0.2, -0.15) is 0 Å². The van der Waals surface area contributed by atoms with Crippen LogP contribution in [0.15, 0.2) is 60.8 Å². The van der Waals surface area contributed by atoms with Crippen LogP contribution >= 0.6 is 0 Å². The van der Waals surface area contributed by atoms with Crippen molar-refractivity contribution in [3.8, 4) is 0 Å². The maximum absolute atomic E-state index is 12.7. The Labute approximate surface area is 320 Å². The van der Waals surface area contributed by atoms with Crippen LogP contribution in [0.4, 0.5) is 0 Å². The third kappa shape index (κ3) is 25.9. The van der Waals surface area contributed by atoms with Gasteiger partial charge in [-0.15, -0.1) is 0 Å². The molecule has 10 heteroatoms. The molecule has 0 aromatic rings. The first-order valence-corrected chi connectivity index (χ1v) is 20.4. The smallest absolute Gasteiger partial charge is 0.306 e. The highest BCUT2D eigenvalue weighted by atomic mass is 16.7. The summed E-state index contributed by atoms with van der Waals surface area (Å²) in [6, 6.07) is 0. The number of allylic oxidation sites excluding steroid dienone is 10. The number of aliphatic hydroxyl groups is 4. The molecule has 0 aromatic heterocycles. The summed E-state index contributed by atoms with van der Waals surface area (Å²) in [6.45, 7) is 3.19. The number of hydrogen-bond donors (Lipinski definition) is 4. The molecule has 1 fully saturated rings. The van der Waals surface area contributed by atoms with Crippen LogP contribution in [0.5, 0.6) is 0 Å². The summed E-state index contributed by atoms with van der Waals surface area (Å²) in [7, 11) is 0. The molecule has 4 N–H and O–H groups in total. The lowest BCUT2D eigenvalue weighted by atomic mass is 9.99. The SMILES string of the molecule is CC/C=C/C=C/C=C/C=C/C=C/CCCC(=O)OC(COC(=O)CCCCCCCCCCCCCCCCC)CO[C@H]1O[C@@H](CO)[C@@H](O)C(O)C1O. The fourth-order valence-corrected chi connectivity index (χ4v) is 5.81. The highest BCUT2D eigenvalue weighted by Crippen LogP contribution is 2.22. The molecule has 304 valence electrons. The van der Waals surface area contributed by atoms with Gasteiger partial charge in [0, 0.05) is 12.8 Å². The Morgan fingerprint density at radius 1 is 0.604 bits per heavy atom. The molecule has 0 bridgehead atoms. The van der Waals surface area contributed by atoms with E-state index in [-0.39, 0.29) is 26.1 Å². The van der Waals surface area contributed by atoms with Crippen LogP contribution in [-0.4, -0.2) is 89.0 Å². The van der Waals surface area contributed by atoms with Gasteiger partial charge in [0.1, 0.15) is 31.0 Å². The third-order valence-corrected chi connectivity index (χ3v) is 9.04. The molecule has 0 aliphatic carbocycles. The van der Waals surface area contributed by atoms with Crippen molar-refractivity contribution >= 4 is 11.9 Å². The molecule has 1 aliphatic rings. The topological polar surface area (TPSA) is 152 Å². The van der Waals surface area contributed by atoms with Crippen LogP contribution < -0.4 is 0 Å². The summed E-state index contributed by atoms with van der Waals surface area (Å²) in [5.74, 6) is -0.896. The van der Waals surface area contributed by atoms with E-state index in [1.165, 1.54) is 77.0 Å². The molecule has 10 nitrogen and oxygen atoms in total. The first-order chi connectivity index (χ1) is 25.8. The van der Waals surface area contributed by atoms with Gasteiger partial charge in [-0.1, -0.05) is 164 Å². The maximum atomic E-state index is 12.7. The Kier molecular flexibility index (Phi) is 31.0. The number of hydrogen-bond acceptors (Lipinski definition) is 10. The first kappa shape index (κ1) is 48.4. The first-order valence-electron chi connectivity index (χ1n) is 20.4. The number of carbonyl (C=O) groups is 2. The highest BCUT2D eigenvalue weighted by molar-refractivity contribution is 5.70. The predicted octanol–water partition coefficient (Wildman–Crippen LogP) is 7.88. The standard InChI is InChI=1S/C43H72O10/c1-3-5-7-9-11-13-15-17-18-20-21-23-25-27-29-31-38(45)50-34-36(35-51-43-42(49)41(48)40(47)37(33-44)53-43)52-39(46)32-30-28-26-24-22-19-16-14-12-10-8-6-4-2/h6,8,10,12,14,16,19,22,24,26,36-37,40-44,47-49H,3-5,7,9,11,13,15,17-18,20-21,23,25,27-35H2,1-2H3/b8-6+,12-10+,16-14+,22-19+,26-24+/t36?,37-,40+,41?,42?,43-/m0/s1. The van der Waals surface area contributed by atoms with Crippen molar-refractivity contribution in [3.05, 3.63) is 60.8 Å². The summed E-state index contributed by atoms with van der Waals surface area (Å²) < 4.78 is 22.0. The fraction of sp³-hybridized carbons (Fsp3) is 0.721. The molecule has 3 unspecified atom stereocenters. The molecular formula is C43H72O10. The molecule has 0 saturated carbocycles. The van der Waals surface area contributed by atoms with Gasteiger partial charge in [0.15, 0.2) is 12.4 Å². The van der Waals surface area contributed by atoms with Crippen LogP contribution in [0.1, 0.15) is 142 Å². The van der Waals surface area contributed by atoms with Crippen molar-refractivity contribution < 1.29 is 49.0 Å². The second-order valence-corrected chi connectivity index (χ2v) is 13.8. The van der Waals surface area contributed by atoms with Crippen LogP contribution in [0.2, 0.25) is 0 Å². The summed E-state index contributed by atoms with van der Waals surface area (Å²) in [5.41, 5.74) is 0. The second kappa shape index (κ2) is 33.9. The molecule has 0 aromatic carbocycles. The monoisotopic (exact) mass is 749 g/mol. The third-order valence-electron chi connectivity index (χ3n) is 9.04. The van der Waals surface area contributed by atoms with E-state index >= 15 is 0 Å². The minimum Gasteiger partial charge on any atom is -0.462 e. The van der Waals surface area contributed by atoms with Gasteiger partial charge in [0.25, 0.3) is 0 Å². The molecule has 6 atom stereocenters. The van der Waals surface area contributed by atoms with Crippen LogP contribution in [0.25, 0.3) is 0 Å². The summed E-state index contributed by atoms with van der Waals surface area (Å²) in [4.78, 5) is 25.2. The van der Waals surface area contributed by atoms with E-state index in [0.29, 0.717) is 12.8 Å². The Hall–Kier alpha value is -2.60. The lowest BCUT2D eigenvalue weighted by Gasteiger charge is -2.39. The lowest BCUT2D eigenvalue weighted by molar-refractivity contribution is -0.305. The zero-order valence-electron chi connectivity index (χ0n) is 32.7. The quantitative estimate of drug-likeness (QED) is 0.0304. The molecule has 0 radical (unpaired) electrons. The van der Waals surface area contributed by atoms with Gasteiger partial charge >= 0.3 is 11.9 Å². The number of unbranched alkanes of at least 4 members (excludes halogenated alkanes) is 15. The minimum absolute atomic E-state index is 0.133. The number of ether oxygens (including phenoxy) is 4. The van der Waals surface area contributed by atoms with E-state index in [1.54, 1.807) is 0 Å². The Bertz CT molecular complexity index is 1050. The van der Waals surface area contributed by atoms with Crippen LogP contribution in [-0.2, 0) is 28.5 Å². The van der Waals surface area contributed by atoms with Crippen molar-refractivity contribution in [1.82, 2.24) is 0 Å². The summed E-state index contributed by atoms with van der Waals surface area (Å²) in [5, 5.41) is 39.9. The Morgan fingerprint density at radius 2 is 1.11 bits per heavy atom. The average Bonchev–Trinajstić information content (AvgIpc) is 3.15. The normalized spacial score (nSPS) is 21.5. The minimum atomic E-state index is -1.61. The number of esters is 2. The largest absolute Gasteiger partial charge is 0.462 e. The molecule has 1 rings (SSSR count). The van der Waals surface area contributed by atoms with Gasteiger partial charge in [-0.25, -0.2) is 0 Å². The van der Waals surface area contributed by atoms with Crippen LogP contribution in [0, 0.1) is 0 Å². The second-order valence-electron chi connectivity index (χ2n) is 13.8. The highest BCUT2D eigenvalue weighted by Gasteiger charge is 2.44. The van der Waals surface area contributed by atoms with E-state index < -0.39 is 55.4 Å². The van der Waals surface area contributed by atoms with Gasteiger partial charge in [0.05, 0.1) is 13.2 Å². The van der Waals surface area contributed by atoms with Crippen LogP contribution in [0.3, 0.4) is 0 Å². The van der Waals surface area contributed by atoms with E-state index in [1.807, 2.05) is 54.7 Å². The van der Waals surface area contributed by atoms with Crippen molar-refractivity contribution in [2.75, 3.05) is 19.8 Å². The van der Waals surface area contributed by atoms with E-state index in [9.17, 15) is 30.0 Å². The molecule has 1 heterocycles. The van der Waals surface area contributed by atoms with Crippen molar-refractivity contribution in [3.63, 3.8) is 0 Å². The Balaban J connectivity index is 2.42. The van der Waals surface area contributed by atoms with Crippen molar-refractivity contribution in [1.29, 1.82) is 0 Å². The molecule has 0 spiro atoms. The zero-order chi connectivity index (χ0) is 38.8. The van der Waals surface area contributed by atoms with Gasteiger partial charge in [0.2, 0.25) is 0 Å². The van der Waals surface area contributed by atoms with E-state index in [2.05, 4.69) is 19.9 Å². The molecule has 0 amide bonds. The molecule has 1 saturated heterocycles. The Morgan fingerprint density at radius 3 is 1.66 bits per heavy atom. The number of aliphatic hydroxyl groups excluding tert-OH is 4. The molecule has 53 heavy (non-hydrogen) atoms. The molecular weight excluding hydrogens is 676 g/mol. The van der Waals surface area contributed by atoms with Crippen molar-refractivity contribution in [2.45, 2.75) is 179 Å². The van der Waals surface area contributed by atoms with Crippen molar-refractivity contribution in [2.24, 2.45) is 0 Å². The zero-order valence-corrected chi connectivity index (χ0v) is 32.7. The molecule has 1 aliphatic heterocycles.